The number of benzene rings is 2. The van der Waals surface area contributed by atoms with Gasteiger partial charge >= 0.3 is 0 Å². The van der Waals surface area contributed by atoms with Crippen LogP contribution in [0.1, 0.15) is 66.2 Å². The Morgan fingerprint density at radius 1 is 1.00 bits per heavy atom. The number of hydrogen-bond acceptors (Lipinski definition) is 5. The first-order valence-electron chi connectivity index (χ1n) is 12.2. The van der Waals surface area contributed by atoms with Crippen molar-refractivity contribution in [3.05, 3.63) is 87.0 Å². The third-order valence-corrected chi connectivity index (χ3v) is 6.88. The van der Waals surface area contributed by atoms with E-state index in [-0.39, 0.29) is 5.56 Å². The van der Waals surface area contributed by atoms with Crippen LogP contribution >= 0.6 is 0 Å². The molecule has 0 saturated heterocycles. The first kappa shape index (κ1) is 22.5. The smallest absolute Gasteiger partial charge is 0.252 e. The fraction of sp³-hybridized carbons (Fsp3) is 0.407. The number of fused-ring (bicyclic) bond motifs is 1. The Balaban J connectivity index is 1.46. The minimum Gasteiger partial charge on any atom is -0.322 e. The molecule has 4 aromatic rings. The summed E-state index contributed by atoms with van der Waals surface area (Å²) in [6.07, 6.45) is 5.99. The molecule has 34 heavy (non-hydrogen) atoms. The van der Waals surface area contributed by atoms with Gasteiger partial charge in [-0.2, -0.15) is 0 Å². The van der Waals surface area contributed by atoms with Crippen molar-refractivity contribution in [2.75, 3.05) is 0 Å². The van der Waals surface area contributed by atoms with E-state index in [1.165, 1.54) is 30.4 Å². The van der Waals surface area contributed by atoms with Crippen molar-refractivity contribution in [3.8, 4) is 0 Å². The van der Waals surface area contributed by atoms with Crippen molar-refractivity contribution in [1.82, 2.24) is 30.1 Å². The Labute approximate surface area is 199 Å². The third-order valence-electron chi connectivity index (χ3n) is 6.88. The van der Waals surface area contributed by atoms with Gasteiger partial charge in [-0.25, -0.2) is 4.68 Å². The second-order valence-electron chi connectivity index (χ2n) is 9.63. The number of aryl methyl sites for hydroxylation is 2. The van der Waals surface area contributed by atoms with E-state index in [0.717, 1.165) is 40.7 Å². The molecule has 1 aliphatic rings. The molecular formula is C27H32N6O. The summed E-state index contributed by atoms with van der Waals surface area (Å²) >= 11 is 0. The molecule has 1 aliphatic carbocycles. The summed E-state index contributed by atoms with van der Waals surface area (Å²) in [6, 6.07) is 17.0. The van der Waals surface area contributed by atoms with Crippen LogP contribution < -0.4 is 5.56 Å². The average molecular weight is 457 g/mol. The quantitative estimate of drug-likeness (QED) is 0.430. The molecule has 2 heterocycles. The Kier molecular flexibility index (Phi) is 6.54. The first-order chi connectivity index (χ1) is 16.6. The van der Waals surface area contributed by atoms with Crippen LogP contribution in [0.25, 0.3) is 10.9 Å². The Morgan fingerprint density at radius 2 is 1.79 bits per heavy atom. The molecule has 0 radical (unpaired) electrons. The highest BCUT2D eigenvalue weighted by Gasteiger charge is 2.22. The normalized spacial score (nSPS) is 14.8. The second kappa shape index (κ2) is 9.89. The van der Waals surface area contributed by atoms with Gasteiger partial charge in [-0.15, -0.1) is 5.10 Å². The molecule has 2 aromatic heterocycles. The predicted molar refractivity (Wildman–Crippen MR) is 133 cm³/mol. The molecule has 0 spiro atoms. The lowest BCUT2D eigenvalue weighted by molar-refractivity contribution is 0.225. The summed E-state index contributed by atoms with van der Waals surface area (Å²) in [5.74, 6) is 0.867. The topological polar surface area (TPSA) is 79.7 Å². The molecule has 0 aliphatic heterocycles. The van der Waals surface area contributed by atoms with Gasteiger partial charge in [0.15, 0.2) is 5.82 Å². The summed E-state index contributed by atoms with van der Waals surface area (Å²) in [5.41, 5.74) is 5.12. The highest BCUT2D eigenvalue weighted by molar-refractivity contribution is 5.83. The largest absolute Gasteiger partial charge is 0.322 e. The van der Waals surface area contributed by atoms with Crippen molar-refractivity contribution < 1.29 is 0 Å². The summed E-state index contributed by atoms with van der Waals surface area (Å²) < 4.78 is 2.02. The Bertz CT molecular complexity index is 1320. The van der Waals surface area contributed by atoms with Gasteiger partial charge in [0.2, 0.25) is 0 Å². The van der Waals surface area contributed by atoms with Crippen LogP contribution in [0.3, 0.4) is 0 Å². The monoisotopic (exact) mass is 456 g/mol. The van der Waals surface area contributed by atoms with Crippen LogP contribution in [-0.4, -0.2) is 30.1 Å². The van der Waals surface area contributed by atoms with Crippen molar-refractivity contribution in [2.45, 2.75) is 71.6 Å². The number of H-pyrrole nitrogens is 1. The third kappa shape index (κ3) is 4.94. The molecule has 2 aromatic carbocycles. The summed E-state index contributed by atoms with van der Waals surface area (Å²) in [6.45, 7) is 5.96. The van der Waals surface area contributed by atoms with Crippen molar-refractivity contribution in [2.24, 2.45) is 0 Å². The standard InChI is InChI=1S/C27H32N6O/c1-19-13-20(2)24-15-22(27(34)28-25(24)14-19)17-32(16-21-9-5-3-6-10-21)18-26-29-30-31-33(26)23-11-7-4-8-12-23/h3,5-6,9-10,13-15,23H,4,7-8,11-12,16-18H2,1-2H3,(H,28,34). The van der Waals surface area contributed by atoms with E-state index in [1.807, 2.05) is 35.0 Å². The number of nitrogens with one attached hydrogen (secondary N) is 1. The van der Waals surface area contributed by atoms with Crippen LogP contribution in [0.4, 0.5) is 0 Å². The number of tetrazole rings is 1. The minimum atomic E-state index is -0.0394. The van der Waals surface area contributed by atoms with E-state index in [1.54, 1.807) is 0 Å². The van der Waals surface area contributed by atoms with Crippen LogP contribution in [0, 0.1) is 13.8 Å². The molecule has 176 valence electrons. The number of pyridine rings is 1. The SMILES string of the molecule is Cc1cc(C)c2cc(CN(Cc3ccccc3)Cc3nnnn3C3CCCCC3)c(=O)[nH]c2c1. The van der Waals surface area contributed by atoms with Gasteiger partial charge in [-0.1, -0.05) is 55.7 Å². The lowest BCUT2D eigenvalue weighted by Gasteiger charge is -2.25. The van der Waals surface area contributed by atoms with Gasteiger partial charge in [0, 0.05) is 29.6 Å². The minimum absolute atomic E-state index is 0.0394. The van der Waals surface area contributed by atoms with Gasteiger partial charge in [0.25, 0.3) is 5.56 Å². The molecule has 5 rings (SSSR count). The zero-order valence-corrected chi connectivity index (χ0v) is 20.0. The Morgan fingerprint density at radius 3 is 2.59 bits per heavy atom. The number of nitrogens with zero attached hydrogens (tertiary/aromatic N) is 5. The zero-order valence-electron chi connectivity index (χ0n) is 20.0. The second-order valence-corrected chi connectivity index (χ2v) is 9.63. The van der Waals surface area contributed by atoms with Crippen LogP contribution in [0.2, 0.25) is 0 Å². The maximum Gasteiger partial charge on any atom is 0.252 e. The van der Waals surface area contributed by atoms with E-state index in [2.05, 4.69) is 57.5 Å². The van der Waals surface area contributed by atoms with E-state index in [9.17, 15) is 4.79 Å². The molecule has 7 nitrogen and oxygen atoms in total. The highest BCUT2D eigenvalue weighted by Crippen LogP contribution is 2.28. The predicted octanol–water partition coefficient (Wildman–Crippen LogP) is 4.84. The van der Waals surface area contributed by atoms with Crippen LogP contribution in [0.15, 0.2) is 53.3 Å². The lowest BCUT2D eigenvalue weighted by atomic mass is 9.95. The molecule has 0 bridgehead atoms. The maximum absolute atomic E-state index is 13.0. The Hall–Kier alpha value is -3.32. The van der Waals surface area contributed by atoms with Gasteiger partial charge in [0.05, 0.1) is 12.6 Å². The summed E-state index contributed by atoms with van der Waals surface area (Å²) in [7, 11) is 0. The fourth-order valence-electron chi connectivity index (χ4n) is 5.21. The first-order valence-corrected chi connectivity index (χ1v) is 12.2. The average Bonchev–Trinajstić information content (AvgIpc) is 3.29. The maximum atomic E-state index is 13.0. The van der Waals surface area contributed by atoms with Crippen LogP contribution in [0.5, 0.6) is 0 Å². The van der Waals surface area contributed by atoms with E-state index in [4.69, 9.17) is 0 Å². The molecule has 0 atom stereocenters. The van der Waals surface area contributed by atoms with Crippen molar-refractivity contribution >= 4 is 10.9 Å². The highest BCUT2D eigenvalue weighted by atomic mass is 16.1. The van der Waals surface area contributed by atoms with E-state index in [0.29, 0.717) is 25.7 Å². The van der Waals surface area contributed by atoms with E-state index >= 15 is 0 Å². The molecule has 1 saturated carbocycles. The van der Waals surface area contributed by atoms with Gasteiger partial charge in [-0.3, -0.25) is 9.69 Å². The fourth-order valence-corrected chi connectivity index (χ4v) is 5.21. The molecule has 1 N–H and O–H groups in total. The molecule has 7 heteroatoms. The van der Waals surface area contributed by atoms with Gasteiger partial charge in [0.1, 0.15) is 0 Å². The number of hydrogen-bond donors (Lipinski definition) is 1. The lowest BCUT2D eigenvalue weighted by Crippen LogP contribution is -2.29. The van der Waals surface area contributed by atoms with E-state index < -0.39 is 0 Å². The molecule has 1 fully saturated rings. The molecule has 0 unspecified atom stereocenters. The summed E-state index contributed by atoms with van der Waals surface area (Å²) in [4.78, 5) is 18.4. The number of rotatable bonds is 7. The molecule has 0 amide bonds. The van der Waals surface area contributed by atoms with Crippen molar-refractivity contribution in [1.29, 1.82) is 0 Å². The van der Waals surface area contributed by atoms with Crippen molar-refractivity contribution in [3.63, 3.8) is 0 Å². The van der Waals surface area contributed by atoms with Gasteiger partial charge in [-0.05, 0) is 65.9 Å². The van der Waals surface area contributed by atoms with Gasteiger partial charge < -0.3 is 4.98 Å². The number of aromatic amines is 1. The zero-order chi connectivity index (χ0) is 23.5. The molecular weight excluding hydrogens is 424 g/mol. The summed E-state index contributed by atoms with van der Waals surface area (Å²) in [5, 5.41) is 13.8. The number of aromatic nitrogens is 5. The van der Waals surface area contributed by atoms with Crippen LogP contribution in [-0.2, 0) is 19.6 Å².